The second-order valence-electron chi connectivity index (χ2n) is 6.89. The molecule has 1 atom stereocenters. The van der Waals surface area contributed by atoms with Crippen LogP contribution in [0.1, 0.15) is 17.3 Å². The largest absolute Gasteiger partial charge is 0.454 e. The highest BCUT2D eigenvalue weighted by Gasteiger charge is 2.33. The van der Waals surface area contributed by atoms with Gasteiger partial charge < -0.3 is 24.3 Å². The van der Waals surface area contributed by atoms with Crippen LogP contribution in [-0.4, -0.2) is 28.8 Å². The lowest BCUT2D eigenvalue weighted by atomic mass is 10.00. The number of nitrogens with zero attached hydrogens (tertiary/aromatic N) is 2. The molecule has 1 N–H and O–H groups in total. The number of hydrogen-bond acceptors (Lipinski definition) is 3. The number of rotatable bonds is 2. The molecular formula is C21H17F2N3O3. The summed E-state index contributed by atoms with van der Waals surface area (Å²) in [5.41, 5.74) is 1.90. The molecule has 1 aromatic heterocycles. The minimum absolute atomic E-state index is 0.147. The van der Waals surface area contributed by atoms with E-state index in [-0.39, 0.29) is 12.8 Å². The Morgan fingerprint density at radius 1 is 1.00 bits per heavy atom. The first kappa shape index (κ1) is 17.5. The molecule has 29 heavy (non-hydrogen) atoms. The summed E-state index contributed by atoms with van der Waals surface area (Å²) in [5, 5.41) is 2.86. The van der Waals surface area contributed by atoms with Gasteiger partial charge in [-0.05, 0) is 42.0 Å². The number of benzene rings is 2. The molecule has 0 saturated carbocycles. The Hall–Kier alpha value is -3.55. The highest BCUT2D eigenvalue weighted by atomic mass is 19.2. The quantitative estimate of drug-likeness (QED) is 0.707. The summed E-state index contributed by atoms with van der Waals surface area (Å²) in [6, 6.07) is 11.8. The molecular weight excluding hydrogens is 380 g/mol. The van der Waals surface area contributed by atoms with Crippen LogP contribution in [-0.2, 0) is 6.54 Å². The first-order valence-corrected chi connectivity index (χ1v) is 9.17. The molecule has 6 nitrogen and oxygen atoms in total. The van der Waals surface area contributed by atoms with E-state index in [1.807, 2.05) is 22.9 Å². The van der Waals surface area contributed by atoms with Crippen molar-refractivity contribution in [2.24, 2.45) is 0 Å². The van der Waals surface area contributed by atoms with Crippen molar-refractivity contribution >= 4 is 11.7 Å². The molecule has 3 heterocycles. The normalized spacial score (nSPS) is 17.2. The van der Waals surface area contributed by atoms with Gasteiger partial charge in [-0.2, -0.15) is 0 Å². The molecule has 2 aromatic carbocycles. The van der Waals surface area contributed by atoms with E-state index < -0.39 is 17.7 Å². The molecule has 5 rings (SSSR count). The van der Waals surface area contributed by atoms with Crippen LogP contribution in [0.3, 0.4) is 0 Å². The molecule has 0 radical (unpaired) electrons. The SMILES string of the molecule is O=C(Nc1ccc2c(c1)OCO2)N1CCn2cccc2C1c1ccc(F)c(F)c1. The van der Waals surface area contributed by atoms with Crippen LogP contribution in [0.2, 0.25) is 0 Å². The van der Waals surface area contributed by atoms with Crippen molar-refractivity contribution < 1.29 is 23.0 Å². The minimum atomic E-state index is -0.942. The highest BCUT2D eigenvalue weighted by Crippen LogP contribution is 2.36. The van der Waals surface area contributed by atoms with Gasteiger partial charge in [-0.25, -0.2) is 13.6 Å². The van der Waals surface area contributed by atoms with Gasteiger partial charge >= 0.3 is 6.03 Å². The van der Waals surface area contributed by atoms with Crippen LogP contribution in [0.25, 0.3) is 0 Å². The number of amides is 2. The van der Waals surface area contributed by atoms with Crippen molar-refractivity contribution in [3.8, 4) is 11.5 Å². The van der Waals surface area contributed by atoms with E-state index in [9.17, 15) is 13.6 Å². The van der Waals surface area contributed by atoms with Crippen LogP contribution in [0.15, 0.2) is 54.7 Å². The predicted molar refractivity (Wildman–Crippen MR) is 101 cm³/mol. The number of aromatic nitrogens is 1. The number of hydrogen-bond donors (Lipinski definition) is 1. The Morgan fingerprint density at radius 3 is 2.72 bits per heavy atom. The van der Waals surface area contributed by atoms with Crippen LogP contribution in [0, 0.1) is 11.6 Å². The molecule has 2 aliphatic rings. The van der Waals surface area contributed by atoms with E-state index in [1.54, 1.807) is 23.1 Å². The van der Waals surface area contributed by atoms with Crippen molar-refractivity contribution in [3.63, 3.8) is 0 Å². The maximum atomic E-state index is 13.9. The summed E-state index contributed by atoms with van der Waals surface area (Å²) in [6.07, 6.45) is 1.91. The number of urea groups is 1. The van der Waals surface area contributed by atoms with Crippen LogP contribution in [0.5, 0.6) is 11.5 Å². The van der Waals surface area contributed by atoms with Crippen molar-refractivity contribution in [1.82, 2.24) is 9.47 Å². The molecule has 3 aromatic rings. The van der Waals surface area contributed by atoms with E-state index in [2.05, 4.69) is 5.32 Å². The number of anilines is 1. The van der Waals surface area contributed by atoms with Crippen molar-refractivity contribution in [3.05, 3.63) is 77.6 Å². The molecule has 2 amide bonds. The summed E-state index contributed by atoms with van der Waals surface area (Å²) in [7, 11) is 0. The summed E-state index contributed by atoms with van der Waals surface area (Å²) < 4.78 is 40.0. The Kier molecular flexibility index (Phi) is 4.12. The third-order valence-corrected chi connectivity index (χ3v) is 5.18. The number of carbonyl (C=O) groups is 1. The van der Waals surface area contributed by atoms with E-state index in [0.717, 1.165) is 17.8 Å². The number of nitrogens with one attached hydrogen (secondary N) is 1. The number of ether oxygens (including phenoxy) is 2. The van der Waals surface area contributed by atoms with E-state index in [4.69, 9.17) is 9.47 Å². The van der Waals surface area contributed by atoms with Gasteiger partial charge in [-0.1, -0.05) is 6.07 Å². The number of carbonyl (C=O) groups excluding carboxylic acids is 1. The standard InChI is InChI=1S/C21H17F2N3O3/c22-15-5-3-13(10-16(15)23)20-17-2-1-7-25(17)8-9-26(20)21(27)24-14-4-6-18-19(11-14)29-12-28-18/h1-7,10-11,20H,8-9,12H2,(H,24,27). The average Bonchev–Trinajstić information content (AvgIpc) is 3.38. The fraction of sp³-hybridized carbons (Fsp3) is 0.190. The fourth-order valence-corrected chi connectivity index (χ4v) is 3.80. The Bertz CT molecular complexity index is 1100. The van der Waals surface area contributed by atoms with E-state index >= 15 is 0 Å². The zero-order valence-electron chi connectivity index (χ0n) is 15.3. The molecule has 0 aliphatic carbocycles. The molecule has 8 heteroatoms. The third kappa shape index (κ3) is 3.06. The molecule has 0 saturated heterocycles. The van der Waals surface area contributed by atoms with Crippen LogP contribution in [0.4, 0.5) is 19.3 Å². The lowest BCUT2D eigenvalue weighted by Gasteiger charge is -2.37. The molecule has 0 fully saturated rings. The zero-order chi connectivity index (χ0) is 20.0. The van der Waals surface area contributed by atoms with Gasteiger partial charge in [0.05, 0.1) is 6.04 Å². The topological polar surface area (TPSA) is 55.7 Å². The molecule has 2 aliphatic heterocycles. The summed E-state index contributed by atoms with van der Waals surface area (Å²) in [5.74, 6) is -0.676. The lowest BCUT2D eigenvalue weighted by molar-refractivity contribution is 0.174. The van der Waals surface area contributed by atoms with Gasteiger partial charge in [0.15, 0.2) is 23.1 Å². The van der Waals surface area contributed by atoms with Gasteiger partial charge in [0.25, 0.3) is 0 Å². The Balaban J connectivity index is 1.47. The zero-order valence-corrected chi connectivity index (χ0v) is 15.3. The van der Waals surface area contributed by atoms with Crippen LogP contribution >= 0.6 is 0 Å². The van der Waals surface area contributed by atoms with Gasteiger partial charge in [0.2, 0.25) is 6.79 Å². The van der Waals surface area contributed by atoms with E-state index in [1.165, 1.54) is 6.07 Å². The number of halogens is 2. The van der Waals surface area contributed by atoms with Crippen LogP contribution < -0.4 is 14.8 Å². The smallest absolute Gasteiger partial charge is 0.322 e. The highest BCUT2D eigenvalue weighted by molar-refractivity contribution is 5.90. The monoisotopic (exact) mass is 397 g/mol. The molecule has 0 spiro atoms. The average molecular weight is 397 g/mol. The van der Waals surface area contributed by atoms with Crippen molar-refractivity contribution in [1.29, 1.82) is 0 Å². The maximum absolute atomic E-state index is 13.9. The van der Waals surface area contributed by atoms with Gasteiger partial charge in [-0.15, -0.1) is 0 Å². The lowest BCUT2D eigenvalue weighted by Crippen LogP contribution is -2.44. The first-order valence-electron chi connectivity index (χ1n) is 9.17. The predicted octanol–water partition coefficient (Wildman–Crippen LogP) is 4.13. The number of fused-ring (bicyclic) bond motifs is 2. The third-order valence-electron chi connectivity index (χ3n) is 5.18. The van der Waals surface area contributed by atoms with Gasteiger partial charge in [0.1, 0.15) is 0 Å². The summed E-state index contributed by atoms with van der Waals surface area (Å²) >= 11 is 0. The second kappa shape index (κ2) is 6.80. The van der Waals surface area contributed by atoms with E-state index in [0.29, 0.717) is 35.8 Å². The van der Waals surface area contributed by atoms with Gasteiger partial charge in [0, 0.05) is 36.7 Å². The van der Waals surface area contributed by atoms with Crippen molar-refractivity contribution in [2.75, 3.05) is 18.7 Å². The minimum Gasteiger partial charge on any atom is -0.454 e. The molecule has 1 unspecified atom stereocenters. The van der Waals surface area contributed by atoms with Crippen molar-refractivity contribution in [2.45, 2.75) is 12.6 Å². The second-order valence-corrected chi connectivity index (χ2v) is 6.89. The van der Waals surface area contributed by atoms with Gasteiger partial charge in [-0.3, -0.25) is 0 Å². The Labute approximate surface area is 165 Å². The summed E-state index contributed by atoms with van der Waals surface area (Å²) in [6.45, 7) is 1.17. The Morgan fingerprint density at radius 2 is 1.86 bits per heavy atom. The maximum Gasteiger partial charge on any atom is 0.322 e. The first-order chi connectivity index (χ1) is 14.1. The molecule has 148 valence electrons. The summed E-state index contributed by atoms with van der Waals surface area (Å²) in [4.78, 5) is 14.7. The molecule has 0 bridgehead atoms. The fourth-order valence-electron chi connectivity index (χ4n) is 3.80.